The second kappa shape index (κ2) is 12.3. The first-order valence-corrected chi connectivity index (χ1v) is 11.9. The smallest absolute Gasteiger partial charge is 0.0673 e. The van der Waals surface area contributed by atoms with Crippen molar-refractivity contribution in [3.05, 3.63) is 114 Å². The lowest BCUT2D eigenvalue weighted by Crippen LogP contribution is -2.36. The van der Waals surface area contributed by atoms with Gasteiger partial charge in [-0.3, -0.25) is 29.7 Å². The zero-order valence-electron chi connectivity index (χ0n) is 20.2. The lowest BCUT2D eigenvalue weighted by atomic mass is 10.1. The molecule has 3 aromatic heterocycles. The Hall–Kier alpha value is -3.52. The van der Waals surface area contributed by atoms with Crippen LogP contribution in [-0.2, 0) is 19.6 Å². The van der Waals surface area contributed by atoms with E-state index < -0.39 is 5.54 Å². The average molecular weight is 468 g/mol. The van der Waals surface area contributed by atoms with Gasteiger partial charge >= 0.3 is 0 Å². The molecule has 0 radical (unpaired) electrons. The molecule has 1 aliphatic rings. The van der Waals surface area contributed by atoms with E-state index in [0.29, 0.717) is 6.54 Å². The number of hydrogen-bond donors (Lipinski definition) is 1. The normalized spacial score (nSPS) is 17.5. The Labute approximate surface area is 207 Å². The highest BCUT2D eigenvalue weighted by atomic mass is 15.2. The summed E-state index contributed by atoms with van der Waals surface area (Å²) in [5.74, 6) is 0. The van der Waals surface area contributed by atoms with Gasteiger partial charge in [-0.25, -0.2) is 0 Å². The van der Waals surface area contributed by atoms with Crippen LogP contribution in [0.4, 0.5) is 0 Å². The fourth-order valence-electron chi connectivity index (χ4n) is 3.87. The van der Waals surface area contributed by atoms with E-state index in [1.165, 1.54) is 0 Å². The van der Waals surface area contributed by atoms with Crippen LogP contribution in [0.1, 0.15) is 24.0 Å². The standard InChI is InChI=1S/C28H33N7/c1-28(29)13-8-12-27(33-23-28)22-35(21-26-11-4-7-16-32-26)18-17-34(19-24-9-2-5-14-30-24)20-25-10-3-6-15-31-25/h2-16,23H,17-22,29H2,1H3. The third-order valence-electron chi connectivity index (χ3n) is 5.71. The lowest BCUT2D eigenvalue weighted by Gasteiger charge is -2.27. The molecule has 0 fully saturated rings. The molecule has 0 saturated heterocycles. The number of aromatic nitrogens is 3. The quantitative estimate of drug-likeness (QED) is 0.464. The summed E-state index contributed by atoms with van der Waals surface area (Å²) in [7, 11) is 0. The molecule has 0 spiro atoms. The van der Waals surface area contributed by atoms with E-state index in [4.69, 9.17) is 5.73 Å². The molecule has 1 unspecified atom stereocenters. The summed E-state index contributed by atoms with van der Waals surface area (Å²) >= 11 is 0. The van der Waals surface area contributed by atoms with Gasteiger partial charge < -0.3 is 5.73 Å². The summed E-state index contributed by atoms with van der Waals surface area (Å²) in [6.07, 6.45) is 13.3. The molecule has 7 nitrogen and oxygen atoms in total. The molecule has 7 heteroatoms. The molecular formula is C28H33N7. The molecule has 35 heavy (non-hydrogen) atoms. The molecule has 4 rings (SSSR count). The zero-order valence-corrected chi connectivity index (χ0v) is 20.2. The van der Waals surface area contributed by atoms with Gasteiger partial charge in [0, 0.05) is 64.1 Å². The molecule has 0 amide bonds. The summed E-state index contributed by atoms with van der Waals surface area (Å²) < 4.78 is 0. The Balaban J connectivity index is 1.48. The first-order valence-electron chi connectivity index (χ1n) is 11.9. The minimum atomic E-state index is -0.535. The highest BCUT2D eigenvalue weighted by Gasteiger charge is 2.16. The third kappa shape index (κ3) is 8.33. The van der Waals surface area contributed by atoms with Gasteiger partial charge in [0.2, 0.25) is 0 Å². The topological polar surface area (TPSA) is 83.5 Å². The number of nitrogens with two attached hydrogens (primary N) is 1. The summed E-state index contributed by atoms with van der Waals surface area (Å²) in [4.78, 5) is 23.1. The van der Waals surface area contributed by atoms with Gasteiger partial charge in [-0.2, -0.15) is 0 Å². The van der Waals surface area contributed by atoms with Crippen LogP contribution in [0.15, 0.2) is 102 Å². The Morgan fingerprint density at radius 1 is 0.714 bits per heavy atom. The number of hydrogen-bond acceptors (Lipinski definition) is 7. The van der Waals surface area contributed by atoms with Crippen molar-refractivity contribution in [2.45, 2.75) is 32.1 Å². The molecule has 180 valence electrons. The van der Waals surface area contributed by atoms with Crippen molar-refractivity contribution in [1.82, 2.24) is 24.8 Å². The first-order chi connectivity index (χ1) is 17.1. The molecule has 2 N–H and O–H groups in total. The fourth-order valence-corrected chi connectivity index (χ4v) is 3.87. The van der Waals surface area contributed by atoms with Crippen LogP contribution >= 0.6 is 0 Å². The predicted octanol–water partition coefficient (Wildman–Crippen LogP) is 3.62. The monoisotopic (exact) mass is 467 g/mol. The summed E-state index contributed by atoms with van der Waals surface area (Å²) in [6.45, 7) is 6.58. The van der Waals surface area contributed by atoms with E-state index in [1.54, 1.807) is 0 Å². The lowest BCUT2D eigenvalue weighted by molar-refractivity contribution is 0.192. The number of rotatable bonds is 11. The molecule has 0 bridgehead atoms. The van der Waals surface area contributed by atoms with Gasteiger partial charge in [-0.15, -0.1) is 0 Å². The zero-order chi connectivity index (χ0) is 24.3. The molecule has 0 saturated carbocycles. The number of pyridine rings is 3. The van der Waals surface area contributed by atoms with Gasteiger partial charge in [0.1, 0.15) is 0 Å². The Morgan fingerprint density at radius 3 is 1.66 bits per heavy atom. The maximum Gasteiger partial charge on any atom is 0.0673 e. The maximum absolute atomic E-state index is 6.23. The predicted molar refractivity (Wildman–Crippen MR) is 140 cm³/mol. The molecule has 3 aromatic rings. The van der Waals surface area contributed by atoms with Crippen molar-refractivity contribution in [2.24, 2.45) is 10.7 Å². The van der Waals surface area contributed by atoms with E-state index in [-0.39, 0.29) is 0 Å². The van der Waals surface area contributed by atoms with Crippen LogP contribution < -0.4 is 5.73 Å². The fraction of sp³-hybridized carbons (Fsp3) is 0.286. The van der Waals surface area contributed by atoms with E-state index in [9.17, 15) is 0 Å². The second-order valence-corrected chi connectivity index (χ2v) is 9.03. The van der Waals surface area contributed by atoms with Crippen molar-refractivity contribution < 1.29 is 0 Å². The van der Waals surface area contributed by atoms with Crippen molar-refractivity contribution in [1.29, 1.82) is 0 Å². The van der Waals surface area contributed by atoms with Crippen molar-refractivity contribution >= 4 is 6.21 Å². The van der Waals surface area contributed by atoms with Crippen LogP contribution in [0.25, 0.3) is 0 Å². The van der Waals surface area contributed by atoms with Crippen LogP contribution in [0.2, 0.25) is 0 Å². The Morgan fingerprint density at radius 2 is 1.20 bits per heavy atom. The molecule has 1 atom stereocenters. The molecule has 0 aromatic carbocycles. The highest BCUT2D eigenvalue weighted by molar-refractivity contribution is 5.74. The van der Waals surface area contributed by atoms with Crippen molar-refractivity contribution in [2.75, 3.05) is 19.6 Å². The minimum absolute atomic E-state index is 0.535. The Bertz CT molecular complexity index is 1080. The highest BCUT2D eigenvalue weighted by Crippen LogP contribution is 2.13. The van der Waals surface area contributed by atoms with Gasteiger partial charge in [0.15, 0.2) is 0 Å². The van der Waals surface area contributed by atoms with Crippen LogP contribution in [0, 0.1) is 0 Å². The van der Waals surface area contributed by atoms with Crippen LogP contribution in [0.5, 0.6) is 0 Å². The van der Waals surface area contributed by atoms with E-state index >= 15 is 0 Å². The largest absolute Gasteiger partial charge is 0.318 e. The minimum Gasteiger partial charge on any atom is -0.318 e. The number of aliphatic imine (C=N–C) groups is 1. The van der Waals surface area contributed by atoms with Crippen LogP contribution in [-0.4, -0.2) is 56.1 Å². The van der Waals surface area contributed by atoms with E-state index in [2.05, 4.69) is 47.9 Å². The molecule has 4 heterocycles. The van der Waals surface area contributed by atoms with Crippen LogP contribution in [0.3, 0.4) is 0 Å². The maximum atomic E-state index is 6.23. The van der Waals surface area contributed by atoms with E-state index in [0.717, 1.165) is 55.5 Å². The van der Waals surface area contributed by atoms with Gasteiger partial charge in [-0.1, -0.05) is 30.4 Å². The molecule has 0 aliphatic carbocycles. The van der Waals surface area contributed by atoms with Crippen molar-refractivity contribution in [3.63, 3.8) is 0 Å². The third-order valence-corrected chi connectivity index (χ3v) is 5.71. The van der Waals surface area contributed by atoms with Gasteiger partial charge in [0.05, 0.1) is 28.3 Å². The van der Waals surface area contributed by atoms with Gasteiger partial charge in [0.25, 0.3) is 0 Å². The summed E-state index contributed by atoms with van der Waals surface area (Å²) in [5, 5.41) is 0. The Kier molecular flexibility index (Phi) is 8.62. The average Bonchev–Trinajstić information content (AvgIpc) is 3.04. The summed E-state index contributed by atoms with van der Waals surface area (Å²) in [5.41, 5.74) is 9.79. The molecule has 1 aliphatic heterocycles. The molecular weight excluding hydrogens is 434 g/mol. The second-order valence-electron chi connectivity index (χ2n) is 9.03. The summed E-state index contributed by atoms with van der Waals surface area (Å²) in [6, 6.07) is 18.1. The number of nitrogens with zero attached hydrogens (tertiary/aromatic N) is 6. The van der Waals surface area contributed by atoms with E-state index in [1.807, 2.05) is 86.4 Å². The first kappa shape index (κ1) is 24.6. The van der Waals surface area contributed by atoms with Crippen molar-refractivity contribution in [3.8, 4) is 0 Å². The number of allylic oxidation sites excluding steroid dienone is 2. The van der Waals surface area contributed by atoms with Gasteiger partial charge in [-0.05, 0) is 49.4 Å². The SMILES string of the molecule is CC1(N)C=CC=C(CN(CCN(Cc2ccccn2)Cc2ccccn2)Cc2ccccn2)N=C1.